The molecule has 0 unspecified atom stereocenters. The molecule has 2 heterocycles. The zero-order chi connectivity index (χ0) is 23.3. The number of amides is 1. The maximum absolute atomic E-state index is 13.0. The number of anilines is 2. The van der Waals surface area contributed by atoms with Gasteiger partial charge in [-0.2, -0.15) is 8.99 Å². The van der Waals surface area contributed by atoms with Crippen molar-refractivity contribution < 1.29 is 18.1 Å². The molecule has 1 amide bonds. The Morgan fingerprint density at radius 2 is 1.88 bits per heavy atom. The summed E-state index contributed by atoms with van der Waals surface area (Å²) in [6.45, 7) is 5.62. The lowest BCUT2D eigenvalue weighted by atomic mass is 10.1. The average molecular weight is 465 g/mol. The van der Waals surface area contributed by atoms with Gasteiger partial charge in [0.2, 0.25) is 15.9 Å². The Hall–Kier alpha value is -2.99. The first-order chi connectivity index (χ1) is 15.3. The van der Waals surface area contributed by atoms with Crippen molar-refractivity contribution in [2.24, 2.45) is 0 Å². The molecule has 0 saturated carbocycles. The van der Waals surface area contributed by atoms with E-state index in [2.05, 4.69) is 15.3 Å². The first-order valence-electron chi connectivity index (χ1n) is 10.6. The number of rotatable bonds is 9. The Labute approximate surface area is 187 Å². The number of hydrogen-bond acceptors (Lipinski definition) is 7. The smallest absolute Gasteiger partial charge is 0.370 e. The van der Waals surface area contributed by atoms with Crippen molar-refractivity contribution >= 4 is 33.1 Å². The van der Waals surface area contributed by atoms with Crippen molar-refractivity contribution in [3.63, 3.8) is 0 Å². The van der Waals surface area contributed by atoms with Gasteiger partial charge in [-0.1, -0.05) is 13.8 Å². The van der Waals surface area contributed by atoms with Crippen molar-refractivity contribution in [1.82, 2.24) is 14.1 Å². The van der Waals surface area contributed by atoms with Gasteiger partial charge in [0.15, 0.2) is 0 Å². The number of carbonyl (C=O) groups is 1. The summed E-state index contributed by atoms with van der Waals surface area (Å²) in [5.74, 6) is -0.808. The van der Waals surface area contributed by atoms with Gasteiger partial charge in [-0.15, -0.1) is 0 Å². The summed E-state index contributed by atoms with van der Waals surface area (Å²) >= 11 is 0. The summed E-state index contributed by atoms with van der Waals surface area (Å²) in [7, 11) is -3.70. The maximum Gasteiger partial charge on any atom is 0.389 e. The highest BCUT2D eigenvalue weighted by Gasteiger charge is 2.25. The summed E-state index contributed by atoms with van der Waals surface area (Å²) < 4.78 is 28.5. The standard InChI is InChI=1S/C20H28N6O5S/c1-3-25(4-2)32(30,31)16-8-9-18(23-11-6-5-7-12-23)17(14-16)21-20(27)15-24-13-10-19(22-24)26(28)29/h8-10,13-14H,3-7,11-12,15H2,1-2H3,(H,21,27). The second-order valence-corrected chi connectivity index (χ2v) is 9.43. The first kappa shape index (κ1) is 23.7. The van der Waals surface area contributed by atoms with Crippen molar-refractivity contribution in [3.05, 3.63) is 40.6 Å². The van der Waals surface area contributed by atoms with E-state index in [4.69, 9.17) is 0 Å². The Morgan fingerprint density at radius 3 is 2.47 bits per heavy atom. The molecule has 1 saturated heterocycles. The lowest BCUT2D eigenvalue weighted by Crippen LogP contribution is -2.32. The lowest BCUT2D eigenvalue weighted by Gasteiger charge is -2.31. The molecule has 32 heavy (non-hydrogen) atoms. The van der Waals surface area contributed by atoms with Gasteiger partial charge < -0.3 is 20.3 Å². The molecule has 1 aliphatic rings. The van der Waals surface area contributed by atoms with Gasteiger partial charge in [0.1, 0.15) is 6.54 Å². The van der Waals surface area contributed by atoms with Crippen LogP contribution in [0.2, 0.25) is 0 Å². The van der Waals surface area contributed by atoms with E-state index >= 15 is 0 Å². The van der Waals surface area contributed by atoms with E-state index in [1.165, 1.54) is 27.3 Å². The van der Waals surface area contributed by atoms with Crippen LogP contribution >= 0.6 is 0 Å². The van der Waals surface area contributed by atoms with Crippen molar-refractivity contribution in [3.8, 4) is 0 Å². The normalized spacial score (nSPS) is 14.5. The van der Waals surface area contributed by atoms with Crippen LogP contribution in [0.25, 0.3) is 0 Å². The minimum atomic E-state index is -3.70. The maximum atomic E-state index is 13.0. The number of aromatic nitrogens is 2. The van der Waals surface area contributed by atoms with Gasteiger partial charge >= 0.3 is 5.82 Å². The molecule has 2 aromatic rings. The highest BCUT2D eigenvalue weighted by atomic mass is 32.2. The monoisotopic (exact) mass is 464 g/mol. The topological polar surface area (TPSA) is 131 Å². The van der Waals surface area contributed by atoms with Crippen LogP contribution in [-0.4, -0.2) is 59.5 Å². The van der Waals surface area contributed by atoms with Crippen molar-refractivity contribution in [2.45, 2.75) is 44.6 Å². The van der Waals surface area contributed by atoms with Crippen LogP contribution in [0.15, 0.2) is 35.4 Å². The molecule has 0 radical (unpaired) electrons. The minimum absolute atomic E-state index is 0.104. The molecule has 12 heteroatoms. The van der Waals surface area contributed by atoms with E-state index in [-0.39, 0.29) is 17.3 Å². The van der Waals surface area contributed by atoms with Crippen LogP contribution in [0.3, 0.4) is 0 Å². The summed E-state index contributed by atoms with van der Waals surface area (Å²) in [4.78, 5) is 25.1. The van der Waals surface area contributed by atoms with Crippen molar-refractivity contribution in [1.29, 1.82) is 0 Å². The molecule has 1 fully saturated rings. The number of carbonyl (C=O) groups excluding carboxylic acids is 1. The second kappa shape index (κ2) is 10.1. The quantitative estimate of drug-likeness (QED) is 0.445. The van der Waals surface area contributed by atoms with Gasteiger partial charge in [0.25, 0.3) is 0 Å². The number of benzene rings is 1. The molecule has 1 aliphatic heterocycles. The molecule has 1 aromatic heterocycles. The molecule has 3 rings (SSSR count). The van der Waals surface area contributed by atoms with Crippen molar-refractivity contribution in [2.75, 3.05) is 36.4 Å². The Bertz CT molecular complexity index is 1070. The predicted octanol–water partition coefficient (Wildman–Crippen LogP) is 2.45. The van der Waals surface area contributed by atoms with E-state index < -0.39 is 20.9 Å². The summed E-state index contributed by atoms with van der Waals surface area (Å²) in [6, 6.07) is 6.00. The third-order valence-corrected chi connectivity index (χ3v) is 7.45. The zero-order valence-electron chi connectivity index (χ0n) is 18.2. The fourth-order valence-electron chi connectivity index (χ4n) is 3.77. The van der Waals surface area contributed by atoms with Crippen LogP contribution in [0, 0.1) is 10.1 Å². The number of piperidine rings is 1. The summed E-state index contributed by atoms with van der Waals surface area (Å²) in [6.07, 6.45) is 4.52. The molecular formula is C20H28N6O5S. The van der Waals surface area contributed by atoms with Crippen LogP contribution in [0.4, 0.5) is 17.2 Å². The van der Waals surface area contributed by atoms with Gasteiger partial charge in [-0.05, 0) is 42.4 Å². The molecule has 0 aliphatic carbocycles. The lowest BCUT2D eigenvalue weighted by molar-refractivity contribution is -0.389. The van der Waals surface area contributed by atoms with E-state index in [0.717, 1.165) is 38.0 Å². The molecule has 11 nitrogen and oxygen atoms in total. The number of sulfonamides is 1. The summed E-state index contributed by atoms with van der Waals surface area (Å²) in [5.41, 5.74) is 1.15. The fraction of sp³-hybridized carbons (Fsp3) is 0.500. The highest BCUT2D eigenvalue weighted by molar-refractivity contribution is 7.89. The molecule has 1 N–H and O–H groups in total. The van der Waals surface area contributed by atoms with Crippen LogP contribution in [0.1, 0.15) is 33.1 Å². The second-order valence-electron chi connectivity index (χ2n) is 7.49. The predicted molar refractivity (Wildman–Crippen MR) is 120 cm³/mol. The molecule has 174 valence electrons. The van der Waals surface area contributed by atoms with E-state index in [1.54, 1.807) is 26.0 Å². The Balaban J connectivity index is 1.90. The minimum Gasteiger partial charge on any atom is -0.370 e. The van der Waals surface area contributed by atoms with E-state index in [1.807, 2.05) is 0 Å². The molecule has 0 spiro atoms. The van der Waals surface area contributed by atoms with E-state index in [0.29, 0.717) is 18.8 Å². The number of nitrogens with zero attached hydrogens (tertiary/aromatic N) is 5. The van der Waals surface area contributed by atoms with Gasteiger partial charge in [0, 0.05) is 26.2 Å². The SMILES string of the molecule is CCN(CC)S(=O)(=O)c1ccc(N2CCCCC2)c(NC(=O)Cn2ccc([N+](=O)[O-])n2)c1. The first-order valence-corrected chi connectivity index (χ1v) is 12.1. The molecular weight excluding hydrogens is 436 g/mol. The van der Waals surface area contributed by atoms with Gasteiger partial charge in [0.05, 0.1) is 33.6 Å². The van der Waals surface area contributed by atoms with Gasteiger partial charge in [-0.3, -0.25) is 4.79 Å². The molecule has 1 aromatic carbocycles. The number of nitrogens with one attached hydrogen (secondary N) is 1. The zero-order valence-corrected chi connectivity index (χ0v) is 19.0. The summed E-state index contributed by atoms with van der Waals surface area (Å²) in [5, 5.41) is 17.3. The third-order valence-electron chi connectivity index (χ3n) is 5.40. The highest BCUT2D eigenvalue weighted by Crippen LogP contribution is 2.32. The number of hydrogen-bond donors (Lipinski definition) is 1. The van der Waals surface area contributed by atoms with Crippen LogP contribution in [-0.2, 0) is 21.4 Å². The Morgan fingerprint density at radius 1 is 1.19 bits per heavy atom. The average Bonchev–Trinajstić information content (AvgIpc) is 3.23. The van der Waals surface area contributed by atoms with Crippen LogP contribution < -0.4 is 10.2 Å². The third kappa shape index (κ3) is 5.25. The number of nitro groups is 1. The van der Waals surface area contributed by atoms with Gasteiger partial charge in [-0.25, -0.2) is 8.42 Å². The largest absolute Gasteiger partial charge is 0.389 e. The Kier molecular flexibility index (Phi) is 7.46. The molecule has 0 bridgehead atoms. The molecule has 0 atom stereocenters. The fourth-order valence-corrected chi connectivity index (χ4v) is 5.26. The van der Waals surface area contributed by atoms with Crippen LogP contribution in [0.5, 0.6) is 0 Å². The van der Waals surface area contributed by atoms with E-state index in [9.17, 15) is 23.3 Å².